The van der Waals surface area contributed by atoms with Crippen molar-refractivity contribution in [2.24, 2.45) is 5.92 Å². The first-order valence-electron chi connectivity index (χ1n) is 10.0. The second kappa shape index (κ2) is 7.39. The van der Waals surface area contributed by atoms with Crippen LogP contribution in [0.2, 0.25) is 0 Å². The number of rotatable bonds is 4. The van der Waals surface area contributed by atoms with Crippen LogP contribution in [0.4, 0.5) is 5.69 Å². The van der Waals surface area contributed by atoms with Gasteiger partial charge in [-0.05, 0) is 75.1 Å². The molecule has 3 aliphatic rings. The van der Waals surface area contributed by atoms with Gasteiger partial charge in [0.2, 0.25) is 5.91 Å². The van der Waals surface area contributed by atoms with Crippen molar-refractivity contribution in [1.29, 1.82) is 0 Å². The number of fused-ring (bicyclic) bond motifs is 2. The van der Waals surface area contributed by atoms with Crippen molar-refractivity contribution >= 4 is 17.5 Å². The smallest absolute Gasteiger partial charge is 0.253 e. The van der Waals surface area contributed by atoms with Crippen LogP contribution < -0.4 is 10.6 Å². The number of anilines is 1. The molecule has 140 valence electrons. The molecule has 1 aromatic carbocycles. The monoisotopic (exact) mass is 355 g/mol. The molecule has 0 aliphatic carbocycles. The normalized spacial score (nSPS) is 27.6. The van der Waals surface area contributed by atoms with Gasteiger partial charge in [0.05, 0.1) is 0 Å². The SMILES string of the molecule is Cc1cc(C(=O)N2CCCC2)ccc1NC(=O)CC1CC2CCC(C1)N2. The van der Waals surface area contributed by atoms with E-state index in [4.69, 9.17) is 0 Å². The van der Waals surface area contributed by atoms with E-state index in [0.717, 1.165) is 55.6 Å². The van der Waals surface area contributed by atoms with Crippen LogP contribution in [0.15, 0.2) is 18.2 Å². The second-order valence-electron chi connectivity index (χ2n) is 8.26. The molecule has 3 fully saturated rings. The van der Waals surface area contributed by atoms with E-state index in [1.165, 1.54) is 12.8 Å². The maximum Gasteiger partial charge on any atom is 0.253 e. The summed E-state index contributed by atoms with van der Waals surface area (Å²) in [7, 11) is 0. The average molecular weight is 355 g/mol. The fourth-order valence-corrected chi connectivity index (χ4v) is 4.84. The Balaban J connectivity index is 1.35. The highest BCUT2D eigenvalue weighted by Crippen LogP contribution is 2.33. The third-order valence-corrected chi connectivity index (χ3v) is 6.19. The first-order chi connectivity index (χ1) is 12.6. The Bertz CT molecular complexity index is 684. The fourth-order valence-electron chi connectivity index (χ4n) is 4.84. The molecule has 4 rings (SSSR count). The Hall–Kier alpha value is -1.88. The maximum atomic E-state index is 12.5. The summed E-state index contributed by atoms with van der Waals surface area (Å²) in [6, 6.07) is 6.85. The third kappa shape index (κ3) is 3.78. The Morgan fingerprint density at radius 1 is 1.15 bits per heavy atom. The number of piperidine rings is 1. The standard InChI is InChI=1S/C21H29N3O2/c1-14-10-16(21(26)24-8-2-3-9-24)4-7-19(14)23-20(25)13-15-11-17-5-6-18(12-15)22-17/h4,7,10,15,17-18,22H,2-3,5-6,8-9,11-13H2,1H3,(H,23,25). The minimum atomic E-state index is 0.0954. The van der Waals surface area contributed by atoms with Crippen LogP contribution in [-0.4, -0.2) is 41.9 Å². The van der Waals surface area contributed by atoms with Gasteiger partial charge in [0.25, 0.3) is 5.91 Å². The molecule has 2 unspecified atom stereocenters. The van der Waals surface area contributed by atoms with E-state index in [1.54, 1.807) is 0 Å². The summed E-state index contributed by atoms with van der Waals surface area (Å²) < 4.78 is 0. The Morgan fingerprint density at radius 2 is 1.85 bits per heavy atom. The summed E-state index contributed by atoms with van der Waals surface area (Å²) in [5.41, 5.74) is 2.50. The van der Waals surface area contributed by atoms with Crippen LogP contribution in [-0.2, 0) is 4.79 Å². The van der Waals surface area contributed by atoms with E-state index >= 15 is 0 Å². The lowest BCUT2D eigenvalue weighted by molar-refractivity contribution is -0.117. The number of hydrogen-bond donors (Lipinski definition) is 2. The van der Waals surface area contributed by atoms with E-state index < -0.39 is 0 Å². The van der Waals surface area contributed by atoms with Crippen molar-refractivity contribution in [1.82, 2.24) is 10.2 Å². The third-order valence-electron chi connectivity index (χ3n) is 6.19. The zero-order chi connectivity index (χ0) is 18.1. The van der Waals surface area contributed by atoms with Crippen LogP contribution in [0, 0.1) is 12.8 Å². The first kappa shape index (κ1) is 17.5. The molecule has 2 atom stereocenters. The molecule has 5 nitrogen and oxygen atoms in total. The molecule has 2 amide bonds. The van der Waals surface area contributed by atoms with Crippen molar-refractivity contribution in [2.45, 2.75) is 64.0 Å². The fraction of sp³-hybridized carbons (Fsp3) is 0.619. The topological polar surface area (TPSA) is 61.4 Å². The number of aryl methyl sites for hydroxylation is 1. The molecule has 1 aromatic rings. The van der Waals surface area contributed by atoms with E-state index in [0.29, 0.717) is 24.4 Å². The molecule has 26 heavy (non-hydrogen) atoms. The maximum absolute atomic E-state index is 12.5. The number of nitrogens with zero attached hydrogens (tertiary/aromatic N) is 1. The Labute approximate surface area is 155 Å². The molecule has 0 spiro atoms. The average Bonchev–Trinajstić information content (AvgIpc) is 3.26. The van der Waals surface area contributed by atoms with E-state index in [1.807, 2.05) is 30.0 Å². The molecule has 3 aliphatic heterocycles. The molecule has 5 heteroatoms. The number of amides is 2. The van der Waals surface area contributed by atoms with Crippen molar-refractivity contribution in [3.8, 4) is 0 Å². The predicted octanol–water partition coefficient (Wildman–Crippen LogP) is 3.09. The highest BCUT2D eigenvalue weighted by Gasteiger charge is 2.34. The molecule has 3 heterocycles. The summed E-state index contributed by atoms with van der Waals surface area (Å²) >= 11 is 0. The van der Waals surface area contributed by atoms with Gasteiger partial charge in [-0.15, -0.1) is 0 Å². The molecule has 0 radical (unpaired) electrons. The molecule has 2 N–H and O–H groups in total. The van der Waals surface area contributed by atoms with Crippen molar-refractivity contribution in [3.05, 3.63) is 29.3 Å². The van der Waals surface area contributed by atoms with Gasteiger partial charge in [-0.1, -0.05) is 0 Å². The molecule has 3 saturated heterocycles. The minimum Gasteiger partial charge on any atom is -0.339 e. The lowest BCUT2D eigenvalue weighted by atomic mass is 9.89. The van der Waals surface area contributed by atoms with Crippen LogP contribution >= 0.6 is 0 Å². The van der Waals surface area contributed by atoms with Gasteiger partial charge in [-0.3, -0.25) is 9.59 Å². The zero-order valence-corrected chi connectivity index (χ0v) is 15.6. The Morgan fingerprint density at radius 3 is 2.50 bits per heavy atom. The first-order valence-corrected chi connectivity index (χ1v) is 10.0. The van der Waals surface area contributed by atoms with Crippen molar-refractivity contribution in [2.75, 3.05) is 18.4 Å². The number of nitrogens with one attached hydrogen (secondary N) is 2. The minimum absolute atomic E-state index is 0.0954. The Kier molecular flexibility index (Phi) is 4.98. The van der Waals surface area contributed by atoms with Gasteiger partial charge in [0, 0.05) is 42.8 Å². The number of hydrogen-bond acceptors (Lipinski definition) is 3. The molecular formula is C21H29N3O2. The second-order valence-corrected chi connectivity index (χ2v) is 8.26. The number of carbonyl (C=O) groups is 2. The van der Waals surface area contributed by atoms with Crippen LogP contribution in [0.3, 0.4) is 0 Å². The van der Waals surface area contributed by atoms with E-state index in [9.17, 15) is 9.59 Å². The van der Waals surface area contributed by atoms with Crippen LogP contribution in [0.5, 0.6) is 0 Å². The number of carbonyl (C=O) groups excluding carboxylic acids is 2. The van der Waals surface area contributed by atoms with E-state index in [-0.39, 0.29) is 11.8 Å². The largest absolute Gasteiger partial charge is 0.339 e. The van der Waals surface area contributed by atoms with Gasteiger partial charge < -0.3 is 15.5 Å². The van der Waals surface area contributed by atoms with Gasteiger partial charge in [-0.2, -0.15) is 0 Å². The van der Waals surface area contributed by atoms with Crippen LogP contribution in [0.1, 0.15) is 60.9 Å². The predicted molar refractivity (Wildman–Crippen MR) is 102 cm³/mol. The highest BCUT2D eigenvalue weighted by atomic mass is 16.2. The van der Waals surface area contributed by atoms with Gasteiger partial charge >= 0.3 is 0 Å². The molecule has 0 aromatic heterocycles. The van der Waals surface area contributed by atoms with Crippen LogP contribution in [0.25, 0.3) is 0 Å². The number of likely N-dealkylation sites (tertiary alicyclic amines) is 1. The molecular weight excluding hydrogens is 326 g/mol. The van der Waals surface area contributed by atoms with Gasteiger partial charge in [-0.25, -0.2) is 0 Å². The van der Waals surface area contributed by atoms with Crippen molar-refractivity contribution < 1.29 is 9.59 Å². The summed E-state index contributed by atoms with van der Waals surface area (Å²) in [4.78, 5) is 26.9. The molecule has 2 bridgehead atoms. The number of benzene rings is 1. The summed E-state index contributed by atoms with van der Waals surface area (Å²) in [6.45, 7) is 3.67. The summed E-state index contributed by atoms with van der Waals surface area (Å²) in [5.74, 6) is 0.691. The zero-order valence-electron chi connectivity index (χ0n) is 15.6. The lowest BCUT2D eigenvalue weighted by Gasteiger charge is -2.28. The van der Waals surface area contributed by atoms with Crippen molar-refractivity contribution in [3.63, 3.8) is 0 Å². The highest BCUT2D eigenvalue weighted by molar-refractivity contribution is 5.96. The quantitative estimate of drug-likeness (QED) is 0.872. The van der Waals surface area contributed by atoms with Gasteiger partial charge in [0.1, 0.15) is 0 Å². The van der Waals surface area contributed by atoms with Gasteiger partial charge in [0.15, 0.2) is 0 Å². The van der Waals surface area contributed by atoms with E-state index in [2.05, 4.69) is 10.6 Å². The molecule has 0 saturated carbocycles. The lowest BCUT2D eigenvalue weighted by Crippen LogP contribution is -2.39. The summed E-state index contributed by atoms with van der Waals surface area (Å²) in [5, 5.41) is 6.68. The summed E-state index contributed by atoms with van der Waals surface area (Å²) in [6.07, 6.45) is 7.54.